The van der Waals surface area contributed by atoms with Crippen molar-refractivity contribution in [1.29, 1.82) is 0 Å². The summed E-state index contributed by atoms with van der Waals surface area (Å²) in [5.41, 5.74) is 28.6. The minimum Gasteiger partial charge on any atom is -0.254 e. The Morgan fingerprint density at radius 1 is 0.119 bits per heavy atom. The highest BCUT2D eigenvalue weighted by molar-refractivity contribution is 6.17. The summed E-state index contributed by atoms with van der Waals surface area (Å²) in [4.78, 5) is 10.8. The lowest BCUT2D eigenvalue weighted by molar-refractivity contribution is 1.25. The van der Waals surface area contributed by atoms with Crippen molar-refractivity contribution in [2.24, 2.45) is 0 Å². The molecule has 0 spiro atoms. The van der Waals surface area contributed by atoms with E-state index >= 15 is 0 Å². The second-order valence-corrected chi connectivity index (χ2v) is 21.0. The summed E-state index contributed by atoms with van der Waals surface area (Å²) in [5.74, 6) is 0. The lowest BCUT2D eigenvalue weighted by atomic mass is 9.74. The van der Waals surface area contributed by atoms with Gasteiger partial charge in [0.2, 0.25) is 0 Å². The topological polar surface area (TPSA) is 25.8 Å². The summed E-state index contributed by atoms with van der Waals surface area (Å²) >= 11 is 0. The van der Waals surface area contributed by atoms with Gasteiger partial charge in [-0.2, -0.15) is 0 Å². The summed E-state index contributed by atoms with van der Waals surface area (Å²) < 4.78 is 0. The molecule has 2 heteroatoms. The van der Waals surface area contributed by atoms with Gasteiger partial charge in [-0.05, 0) is 123 Å². The Morgan fingerprint density at radius 2 is 0.250 bits per heavy atom. The molecular weight excluding hydrogens is 1010 g/mol. The Morgan fingerprint density at radius 3 is 0.369 bits per heavy atom. The molecule has 0 aliphatic carbocycles. The predicted molar refractivity (Wildman–Crippen MR) is 353 cm³/mol. The van der Waals surface area contributed by atoms with Crippen molar-refractivity contribution >= 4 is 0 Å². The van der Waals surface area contributed by atoms with Gasteiger partial charge < -0.3 is 0 Å². The Bertz CT molecular complexity index is 4020. The van der Waals surface area contributed by atoms with E-state index in [0.29, 0.717) is 0 Å². The number of nitrogens with zero attached hydrogens (tertiary/aromatic N) is 2. The molecule has 2 nitrogen and oxygen atoms in total. The summed E-state index contributed by atoms with van der Waals surface area (Å²) in [6.07, 6.45) is 4.12. The van der Waals surface area contributed by atoms with E-state index in [1.54, 1.807) is 0 Å². The first-order valence-corrected chi connectivity index (χ1v) is 28.7. The van der Waals surface area contributed by atoms with Crippen LogP contribution in [0, 0.1) is 0 Å². The van der Waals surface area contributed by atoms with E-state index in [2.05, 4.69) is 340 Å². The average Bonchev–Trinajstić information content (AvgIpc) is 2.66. The van der Waals surface area contributed by atoms with E-state index < -0.39 is 0 Å². The fourth-order valence-corrected chi connectivity index (χ4v) is 12.4. The Hall–Kier alpha value is -11.1. The van der Waals surface area contributed by atoms with Crippen molar-refractivity contribution in [3.63, 3.8) is 0 Å². The van der Waals surface area contributed by atoms with Gasteiger partial charge in [0.25, 0.3) is 0 Å². The highest BCUT2D eigenvalue weighted by Crippen LogP contribution is 2.58. The van der Waals surface area contributed by atoms with Crippen molar-refractivity contribution in [3.05, 3.63) is 340 Å². The molecular formula is C82H56N2. The molecule has 0 bridgehead atoms. The summed E-state index contributed by atoms with van der Waals surface area (Å²) in [6, 6.07) is 118. The van der Waals surface area contributed by atoms with Crippen LogP contribution in [0.5, 0.6) is 0 Å². The Kier molecular flexibility index (Phi) is 14.1. The quantitative estimate of drug-likeness (QED) is 0.115. The van der Waals surface area contributed by atoms with Gasteiger partial charge in [0, 0.05) is 34.6 Å². The van der Waals surface area contributed by atoms with Crippen LogP contribution < -0.4 is 0 Å². The van der Waals surface area contributed by atoms with Crippen LogP contribution >= 0.6 is 0 Å². The largest absolute Gasteiger partial charge is 0.254 e. The maximum atomic E-state index is 5.40. The molecule has 12 aromatic carbocycles. The van der Waals surface area contributed by atoms with Gasteiger partial charge in [0.1, 0.15) is 0 Å². The van der Waals surface area contributed by atoms with Gasteiger partial charge in [-0.3, -0.25) is 9.97 Å². The molecule has 0 aliphatic heterocycles. The number of hydrogen-bond donors (Lipinski definition) is 0. The number of hydrogen-bond acceptors (Lipinski definition) is 2. The highest BCUT2D eigenvalue weighted by Gasteiger charge is 2.31. The van der Waals surface area contributed by atoms with Crippen molar-refractivity contribution in [2.45, 2.75) is 0 Å². The third-order valence-corrected chi connectivity index (χ3v) is 16.0. The Labute approximate surface area is 492 Å². The van der Waals surface area contributed by atoms with Gasteiger partial charge in [-0.1, -0.05) is 315 Å². The molecule has 84 heavy (non-hydrogen) atoms. The zero-order valence-electron chi connectivity index (χ0n) is 46.2. The van der Waals surface area contributed by atoms with E-state index in [1.807, 2.05) is 0 Å². The fourth-order valence-electron chi connectivity index (χ4n) is 12.4. The van der Waals surface area contributed by atoms with Crippen molar-refractivity contribution in [2.75, 3.05) is 0 Å². The van der Waals surface area contributed by atoms with E-state index in [-0.39, 0.29) is 0 Å². The van der Waals surface area contributed by atoms with Crippen molar-refractivity contribution < 1.29 is 0 Å². The van der Waals surface area contributed by atoms with Crippen LogP contribution in [0.3, 0.4) is 0 Å². The number of pyridine rings is 2. The summed E-state index contributed by atoms with van der Waals surface area (Å²) in [5, 5.41) is 0. The standard InChI is InChI=1S/C82H56N2/c1-11-31-57(32-12-1)71-73(59-35-15-3-16-36-59)77(63-43-23-7-24-44-63)81(78(64-45-25-8-26-46-64)74(71)60-37-17-4-18-38-60)67-51-53-69(83-55-67)70-54-52-68(56-84-70)82-79(65-47-27-9-28-48-65)75(61-39-19-5-20-40-61)72(58-33-13-2-14-34-58)76(62-41-21-6-22-42-62)80(82)66-49-29-10-30-50-66/h1-56H. The number of rotatable bonds is 13. The van der Waals surface area contributed by atoms with Crippen LogP contribution in [0.15, 0.2) is 340 Å². The third-order valence-electron chi connectivity index (χ3n) is 16.0. The van der Waals surface area contributed by atoms with Crippen LogP contribution in [-0.2, 0) is 0 Å². The van der Waals surface area contributed by atoms with Crippen LogP contribution in [0.2, 0.25) is 0 Å². The molecule has 0 saturated heterocycles. The third kappa shape index (κ3) is 9.72. The molecule has 0 radical (unpaired) electrons. The molecule has 0 N–H and O–H groups in total. The van der Waals surface area contributed by atoms with E-state index in [9.17, 15) is 0 Å². The van der Waals surface area contributed by atoms with Gasteiger partial charge in [0.15, 0.2) is 0 Å². The second-order valence-electron chi connectivity index (χ2n) is 21.0. The van der Waals surface area contributed by atoms with Crippen LogP contribution in [-0.4, -0.2) is 9.97 Å². The summed E-state index contributed by atoms with van der Waals surface area (Å²) in [6.45, 7) is 0. The first kappa shape index (κ1) is 51.1. The van der Waals surface area contributed by atoms with Gasteiger partial charge in [-0.15, -0.1) is 0 Å². The molecule has 394 valence electrons. The maximum Gasteiger partial charge on any atom is 0.0886 e. The van der Waals surface area contributed by atoms with Crippen LogP contribution in [0.1, 0.15) is 0 Å². The SMILES string of the molecule is c1ccc(-c2c(-c3ccccc3)c(-c3ccccc3)c(-c3ccc(-c4ccc(-c5c(-c6ccccc6)c(-c6ccccc6)c(-c6ccccc6)c(-c6ccccc6)c5-c5ccccc5)cn4)nc3)c(-c3ccccc3)c2-c2ccccc2)cc1. The smallest absolute Gasteiger partial charge is 0.0886 e. The minimum atomic E-state index is 0.779. The molecule has 0 amide bonds. The molecule has 14 rings (SSSR count). The second kappa shape index (κ2) is 23.2. The number of benzene rings is 12. The lowest BCUT2D eigenvalue weighted by Crippen LogP contribution is -2.02. The van der Waals surface area contributed by atoms with E-state index in [4.69, 9.17) is 9.97 Å². The van der Waals surface area contributed by atoms with E-state index in [0.717, 1.165) is 134 Å². The van der Waals surface area contributed by atoms with Crippen molar-refractivity contribution in [1.82, 2.24) is 9.97 Å². The molecule has 2 aromatic heterocycles. The van der Waals surface area contributed by atoms with Gasteiger partial charge in [-0.25, -0.2) is 0 Å². The molecule has 0 atom stereocenters. The Balaban J connectivity index is 1.02. The van der Waals surface area contributed by atoms with E-state index in [1.165, 1.54) is 11.1 Å². The monoisotopic (exact) mass is 1070 g/mol. The molecule has 0 aliphatic rings. The highest BCUT2D eigenvalue weighted by atomic mass is 14.8. The zero-order valence-corrected chi connectivity index (χ0v) is 46.2. The average molecular weight is 1070 g/mol. The van der Waals surface area contributed by atoms with Gasteiger partial charge in [0.05, 0.1) is 11.4 Å². The van der Waals surface area contributed by atoms with Crippen molar-refractivity contribution in [3.8, 4) is 145 Å². The maximum absolute atomic E-state index is 5.40. The summed E-state index contributed by atoms with van der Waals surface area (Å²) in [7, 11) is 0. The van der Waals surface area contributed by atoms with Crippen LogP contribution in [0.25, 0.3) is 145 Å². The van der Waals surface area contributed by atoms with Gasteiger partial charge >= 0.3 is 0 Å². The first-order valence-electron chi connectivity index (χ1n) is 28.7. The van der Waals surface area contributed by atoms with Crippen LogP contribution in [0.4, 0.5) is 0 Å². The number of aromatic nitrogens is 2. The molecule has 2 heterocycles. The normalized spacial score (nSPS) is 11.1. The lowest BCUT2D eigenvalue weighted by Gasteiger charge is -2.28. The fraction of sp³-hybridized carbons (Fsp3) is 0. The molecule has 0 fully saturated rings. The molecule has 14 aromatic rings. The zero-order chi connectivity index (χ0) is 56.0. The minimum absolute atomic E-state index is 0.779. The first-order chi connectivity index (χ1) is 41.8. The molecule has 0 unspecified atom stereocenters. The predicted octanol–water partition coefficient (Wildman–Crippen LogP) is 22.1. The molecule has 0 saturated carbocycles.